The zero-order valence-corrected chi connectivity index (χ0v) is 11.3. The highest BCUT2D eigenvalue weighted by Gasteiger charge is 2.21. The maximum atomic E-state index is 5.69. The molecule has 5 heteroatoms. The molecule has 1 aromatic heterocycles. The van der Waals surface area contributed by atoms with Crippen LogP contribution in [0.5, 0.6) is 5.88 Å². The Morgan fingerprint density at radius 1 is 1.35 bits per heavy atom. The number of nitrogen functional groups attached to an aromatic ring is 1. The normalized spacial score (nSPS) is 11.9. The summed E-state index contributed by atoms with van der Waals surface area (Å²) in [4.78, 5) is 10.5. The summed E-state index contributed by atoms with van der Waals surface area (Å²) in [6.45, 7) is 6.76. The van der Waals surface area contributed by atoms with Gasteiger partial charge in [0.2, 0.25) is 5.88 Å². The van der Waals surface area contributed by atoms with Gasteiger partial charge in [0, 0.05) is 18.0 Å². The minimum atomic E-state index is -0.0495. The lowest BCUT2D eigenvalue weighted by atomic mass is 10.1. The summed E-state index contributed by atoms with van der Waals surface area (Å²) in [5, 5.41) is 0. The molecule has 1 aromatic rings. The van der Waals surface area contributed by atoms with E-state index in [1.807, 2.05) is 21.0 Å². The molecule has 0 bridgehead atoms. The van der Waals surface area contributed by atoms with Crippen LogP contribution in [0.15, 0.2) is 6.07 Å². The summed E-state index contributed by atoms with van der Waals surface area (Å²) in [6.07, 6.45) is 0.748. The molecular weight excluding hydrogens is 216 g/mol. The van der Waals surface area contributed by atoms with Crippen LogP contribution in [-0.4, -0.2) is 41.1 Å². The van der Waals surface area contributed by atoms with E-state index in [0.29, 0.717) is 24.1 Å². The number of nitrogens with zero attached hydrogens (tertiary/aromatic N) is 3. The maximum absolute atomic E-state index is 5.69. The van der Waals surface area contributed by atoms with Crippen molar-refractivity contribution in [2.24, 2.45) is 0 Å². The fraction of sp³-hybridized carbons (Fsp3) is 0.667. The number of hydrogen-bond acceptors (Lipinski definition) is 5. The number of ether oxygens (including phenoxy) is 1. The van der Waals surface area contributed by atoms with E-state index >= 15 is 0 Å². The molecule has 0 saturated carbocycles. The third-order valence-corrected chi connectivity index (χ3v) is 2.87. The molecule has 0 atom stereocenters. The van der Waals surface area contributed by atoms with Crippen molar-refractivity contribution in [2.75, 3.05) is 26.4 Å². The van der Waals surface area contributed by atoms with E-state index in [4.69, 9.17) is 10.5 Å². The Kier molecular flexibility index (Phi) is 4.28. The first-order chi connectivity index (χ1) is 7.85. The van der Waals surface area contributed by atoms with Crippen LogP contribution in [0.4, 0.5) is 5.82 Å². The van der Waals surface area contributed by atoms with E-state index in [-0.39, 0.29) is 5.54 Å². The Morgan fingerprint density at radius 2 is 2.00 bits per heavy atom. The second kappa shape index (κ2) is 5.31. The van der Waals surface area contributed by atoms with Gasteiger partial charge in [-0.15, -0.1) is 0 Å². The largest absolute Gasteiger partial charge is 0.476 e. The second-order valence-electron chi connectivity index (χ2n) is 4.90. The van der Waals surface area contributed by atoms with Crippen LogP contribution >= 0.6 is 0 Å². The second-order valence-corrected chi connectivity index (χ2v) is 4.90. The number of rotatable bonds is 5. The van der Waals surface area contributed by atoms with E-state index in [9.17, 15) is 0 Å². The number of likely N-dealkylation sites (N-methyl/N-ethyl adjacent to an activating group) is 1. The van der Waals surface area contributed by atoms with Gasteiger partial charge in [0.15, 0.2) is 0 Å². The van der Waals surface area contributed by atoms with Crippen molar-refractivity contribution in [2.45, 2.75) is 32.7 Å². The minimum Gasteiger partial charge on any atom is -0.476 e. The zero-order chi connectivity index (χ0) is 13.1. The molecule has 0 fully saturated rings. The summed E-state index contributed by atoms with van der Waals surface area (Å²) in [6, 6.07) is 1.66. The van der Waals surface area contributed by atoms with E-state index in [1.165, 1.54) is 0 Å². The van der Waals surface area contributed by atoms with Gasteiger partial charge in [0.25, 0.3) is 0 Å². The molecule has 0 saturated heterocycles. The van der Waals surface area contributed by atoms with Gasteiger partial charge >= 0.3 is 0 Å². The number of anilines is 1. The Bertz CT molecular complexity index is 377. The van der Waals surface area contributed by atoms with Crippen molar-refractivity contribution in [1.82, 2.24) is 14.9 Å². The number of hydrogen-bond donors (Lipinski definition) is 1. The quantitative estimate of drug-likeness (QED) is 0.838. The third kappa shape index (κ3) is 3.85. The number of aryl methyl sites for hydroxylation is 1. The van der Waals surface area contributed by atoms with Crippen molar-refractivity contribution >= 4 is 5.82 Å². The molecule has 0 aromatic carbocycles. The standard InChI is InChI=1S/C12H22N4O/c1-6-10-14-9(13)7-11(15-10)17-8-12(2,3)16(4)5/h7H,6,8H2,1-5H3,(H2,13,14,15). The topological polar surface area (TPSA) is 64.3 Å². The maximum Gasteiger partial charge on any atom is 0.218 e. The van der Waals surface area contributed by atoms with E-state index in [1.54, 1.807) is 6.07 Å². The summed E-state index contributed by atoms with van der Waals surface area (Å²) in [5.41, 5.74) is 5.64. The Labute approximate surface area is 103 Å². The smallest absolute Gasteiger partial charge is 0.218 e. The van der Waals surface area contributed by atoms with Crippen molar-refractivity contribution in [3.8, 4) is 5.88 Å². The van der Waals surface area contributed by atoms with Crippen LogP contribution in [0.1, 0.15) is 26.6 Å². The van der Waals surface area contributed by atoms with Gasteiger partial charge < -0.3 is 15.4 Å². The first kappa shape index (κ1) is 13.7. The van der Waals surface area contributed by atoms with E-state index in [0.717, 1.165) is 6.42 Å². The van der Waals surface area contributed by atoms with Gasteiger partial charge in [0.1, 0.15) is 18.2 Å². The third-order valence-electron chi connectivity index (χ3n) is 2.87. The molecule has 96 valence electrons. The average molecular weight is 238 g/mol. The summed E-state index contributed by atoms with van der Waals surface area (Å²) in [7, 11) is 4.05. The van der Waals surface area contributed by atoms with Crippen molar-refractivity contribution in [3.05, 3.63) is 11.9 Å². The lowest BCUT2D eigenvalue weighted by Gasteiger charge is -2.31. The lowest BCUT2D eigenvalue weighted by Crippen LogP contribution is -2.43. The van der Waals surface area contributed by atoms with Crippen LogP contribution in [0.3, 0.4) is 0 Å². The molecule has 0 spiro atoms. The summed E-state index contributed by atoms with van der Waals surface area (Å²) in [5.74, 6) is 1.71. The monoisotopic (exact) mass is 238 g/mol. The van der Waals surface area contributed by atoms with Gasteiger partial charge in [-0.05, 0) is 27.9 Å². The fourth-order valence-corrected chi connectivity index (χ4v) is 1.10. The van der Waals surface area contributed by atoms with Crippen LogP contribution in [0, 0.1) is 0 Å². The number of aromatic nitrogens is 2. The highest BCUT2D eigenvalue weighted by atomic mass is 16.5. The highest BCUT2D eigenvalue weighted by Crippen LogP contribution is 2.15. The van der Waals surface area contributed by atoms with Gasteiger partial charge in [-0.1, -0.05) is 6.92 Å². The molecule has 0 amide bonds. The Morgan fingerprint density at radius 3 is 2.53 bits per heavy atom. The predicted octanol–water partition coefficient (Wildman–Crippen LogP) is 1.34. The first-order valence-corrected chi connectivity index (χ1v) is 5.79. The van der Waals surface area contributed by atoms with Gasteiger partial charge in [0.05, 0.1) is 0 Å². The Balaban J connectivity index is 2.72. The molecule has 1 heterocycles. The predicted molar refractivity (Wildman–Crippen MR) is 69.1 cm³/mol. The fourth-order valence-electron chi connectivity index (χ4n) is 1.10. The molecule has 0 radical (unpaired) electrons. The summed E-state index contributed by atoms with van der Waals surface area (Å²) < 4.78 is 5.68. The SMILES string of the molecule is CCc1nc(N)cc(OCC(C)(C)N(C)C)n1. The first-order valence-electron chi connectivity index (χ1n) is 5.79. The van der Waals surface area contributed by atoms with Gasteiger partial charge in [-0.2, -0.15) is 4.98 Å². The molecule has 0 aliphatic carbocycles. The van der Waals surface area contributed by atoms with Crippen molar-refractivity contribution < 1.29 is 4.74 Å². The Hall–Kier alpha value is -1.36. The molecule has 0 unspecified atom stereocenters. The van der Waals surface area contributed by atoms with E-state index < -0.39 is 0 Å². The van der Waals surface area contributed by atoms with Crippen LogP contribution in [0.2, 0.25) is 0 Å². The van der Waals surface area contributed by atoms with Gasteiger partial charge in [-0.3, -0.25) is 0 Å². The van der Waals surface area contributed by atoms with Crippen LogP contribution < -0.4 is 10.5 Å². The molecule has 5 nitrogen and oxygen atoms in total. The lowest BCUT2D eigenvalue weighted by molar-refractivity contribution is 0.111. The van der Waals surface area contributed by atoms with Crippen LogP contribution in [0.25, 0.3) is 0 Å². The van der Waals surface area contributed by atoms with Crippen LogP contribution in [-0.2, 0) is 6.42 Å². The molecular formula is C12H22N4O. The molecule has 17 heavy (non-hydrogen) atoms. The highest BCUT2D eigenvalue weighted by molar-refractivity contribution is 5.32. The molecule has 1 rings (SSSR count). The molecule has 0 aliphatic rings. The van der Waals surface area contributed by atoms with Gasteiger partial charge in [-0.25, -0.2) is 4.98 Å². The average Bonchev–Trinajstić information content (AvgIpc) is 2.25. The molecule has 2 N–H and O–H groups in total. The summed E-state index contributed by atoms with van der Waals surface area (Å²) >= 11 is 0. The number of nitrogens with two attached hydrogens (primary N) is 1. The van der Waals surface area contributed by atoms with Crippen molar-refractivity contribution in [1.29, 1.82) is 0 Å². The minimum absolute atomic E-state index is 0.0495. The molecule has 0 aliphatic heterocycles. The van der Waals surface area contributed by atoms with E-state index in [2.05, 4.69) is 28.7 Å². The van der Waals surface area contributed by atoms with Crippen molar-refractivity contribution in [3.63, 3.8) is 0 Å². The zero-order valence-electron chi connectivity index (χ0n) is 11.3.